The van der Waals surface area contributed by atoms with Gasteiger partial charge in [-0.1, -0.05) is 47.5 Å². The van der Waals surface area contributed by atoms with Crippen molar-refractivity contribution in [3.05, 3.63) is 0 Å². The summed E-state index contributed by atoms with van der Waals surface area (Å²) < 4.78 is 0. The Morgan fingerprint density at radius 2 is 1.38 bits per heavy atom. The third-order valence-electron chi connectivity index (χ3n) is 1.64. The lowest BCUT2D eigenvalue weighted by Gasteiger charge is -1.91. The molecule has 52 valence electrons. The van der Waals surface area contributed by atoms with E-state index in [1.165, 1.54) is 25.7 Å². The molecule has 0 heterocycles. The SMILES string of the molecule is C.C.CC1CCCC1. The number of hydrogen-bond acceptors (Lipinski definition) is 0. The summed E-state index contributed by atoms with van der Waals surface area (Å²) in [4.78, 5) is 0. The largest absolute Gasteiger partial charge is 0.0776 e. The first-order chi connectivity index (χ1) is 2.89. The van der Waals surface area contributed by atoms with Gasteiger partial charge in [0, 0.05) is 0 Å². The van der Waals surface area contributed by atoms with E-state index in [0.717, 1.165) is 5.92 Å². The molecule has 0 aliphatic heterocycles. The average molecular weight is 116 g/mol. The lowest BCUT2D eigenvalue weighted by Crippen LogP contribution is -1.78. The molecule has 1 rings (SSSR count). The quantitative estimate of drug-likeness (QED) is 0.454. The van der Waals surface area contributed by atoms with E-state index < -0.39 is 0 Å². The Labute approximate surface area is 54.3 Å². The highest BCUT2D eigenvalue weighted by Crippen LogP contribution is 2.22. The molecule has 0 atom stereocenters. The van der Waals surface area contributed by atoms with Crippen molar-refractivity contribution in [3.63, 3.8) is 0 Å². The van der Waals surface area contributed by atoms with Crippen LogP contribution in [0.4, 0.5) is 0 Å². The summed E-state index contributed by atoms with van der Waals surface area (Å²) in [5, 5.41) is 0. The van der Waals surface area contributed by atoms with Crippen molar-refractivity contribution in [1.82, 2.24) is 0 Å². The second-order valence-electron chi connectivity index (χ2n) is 2.39. The smallest absolute Gasteiger partial charge is 0.0443 e. The summed E-state index contributed by atoms with van der Waals surface area (Å²) in [5.74, 6) is 1.05. The molecule has 1 saturated carbocycles. The third kappa shape index (κ3) is 3.06. The van der Waals surface area contributed by atoms with E-state index in [4.69, 9.17) is 0 Å². The van der Waals surface area contributed by atoms with Crippen LogP contribution in [0.5, 0.6) is 0 Å². The molecule has 8 heavy (non-hydrogen) atoms. The zero-order chi connectivity index (χ0) is 4.41. The van der Waals surface area contributed by atoms with Crippen LogP contribution in [-0.2, 0) is 0 Å². The fourth-order valence-corrected chi connectivity index (χ4v) is 1.13. The first-order valence-electron chi connectivity index (χ1n) is 2.89. The standard InChI is InChI=1S/C6H12.2CH4/c1-6-4-2-3-5-6;;/h6H,2-5H2,1H3;2*1H4. The van der Waals surface area contributed by atoms with Crippen molar-refractivity contribution in [1.29, 1.82) is 0 Å². The summed E-state index contributed by atoms with van der Waals surface area (Å²) in [6.07, 6.45) is 5.95. The molecule has 1 fully saturated rings. The third-order valence-corrected chi connectivity index (χ3v) is 1.64. The van der Waals surface area contributed by atoms with Gasteiger partial charge in [-0.25, -0.2) is 0 Å². The van der Waals surface area contributed by atoms with Crippen LogP contribution in [0.1, 0.15) is 47.5 Å². The Hall–Kier alpha value is 0. The number of rotatable bonds is 0. The van der Waals surface area contributed by atoms with Gasteiger partial charge in [-0.2, -0.15) is 0 Å². The molecule has 0 nitrogen and oxygen atoms in total. The zero-order valence-corrected chi connectivity index (χ0v) is 4.41. The minimum atomic E-state index is 0. The molecule has 1 aliphatic carbocycles. The molecule has 0 aromatic rings. The normalized spacial score (nSPS) is 19.1. The van der Waals surface area contributed by atoms with Crippen LogP contribution in [0.2, 0.25) is 0 Å². The molecule has 0 aromatic carbocycles. The van der Waals surface area contributed by atoms with E-state index in [-0.39, 0.29) is 14.9 Å². The molecule has 0 heteroatoms. The van der Waals surface area contributed by atoms with Crippen LogP contribution < -0.4 is 0 Å². The van der Waals surface area contributed by atoms with Crippen molar-refractivity contribution in [2.45, 2.75) is 47.5 Å². The fourth-order valence-electron chi connectivity index (χ4n) is 1.13. The van der Waals surface area contributed by atoms with E-state index >= 15 is 0 Å². The van der Waals surface area contributed by atoms with Gasteiger partial charge in [0.1, 0.15) is 0 Å². The molecule has 0 amide bonds. The summed E-state index contributed by atoms with van der Waals surface area (Å²) in [6.45, 7) is 2.34. The first kappa shape index (κ1) is 10.9. The first-order valence-corrected chi connectivity index (χ1v) is 2.89. The second kappa shape index (κ2) is 5.14. The Kier molecular flexibility index (Phi) is 7.00. The Morgan fingerprint density at radius 1 is 1.00 bits per heavy atom. The van der Waals surface area contributed by atoms with Crippen molar-refractivity contribution in [2.24, 2.45) is 5.92 Å². The van der Waals surface area contributed by atoms with Crippen LogP contribution in [-0.4, -0.2) is 0 Å². The minimum Gasteiger partial charge on any atom is -0.0776 e. The topological polar surface area (TPSA) is 0 Å². The number of hydrogen-bond donors (Lipinski definition) is 0. The van der Waals surface area contributed by atoms with E-state index in [1.54, 1.807) is 0 Å². The Balaban J connectivity index is 0. The second-order valence-corrected chi connectivity index (χ2v) is 2.39. The summed E-state index contributed by atoms with van der Waals surface area (Å²) in [7, 11) is 0. The fraction of sp³-hybridized carbons (Fsp3) is 1.00. The lowest BCUT2D eigenvalue weighted by atomic mass is 10.2. The van der Waals surface area contributed by atoms with E-state index in [9.17, 15) is 0 Å². The van der Waals surface area contributed by atoms with Gasteiger partial charge >= 0.3 is 0 Å². The highest BCUT2D eigenvalue weighted by atomic mass is 14.1. The van der Waals surface area contributed by atoms with Gasteiger partial charge < -0.3 is 0 Å². The average Bonchev–Trinajstić information content (AvgIpc) is 1.86. The highest BCUT2D eigenvalue weighted by molar-refractivity contribution is 4.60. The van der Waals surface area contributed by atoms with Crippen molar-refractivity contribution >= 4 is 0 Å². The van der Waals surface area contributed by atoms with E-state index in [2.05, 4.69) is 6.92 Å². The molecular formula is C8H20. The molecule has 0 saturated heterocycles. The lowest BCUT2D eigenvalue weighted by molar-refractivity contribution is 0.612. The van der Waals surface area contributed by atoms with Gasteiger partial charge in [0.2, 0.25) is 0 Å². The van der Waals surface area contributed by atoms with Gasteiger partial charge in [0.15, 0.2) is 0 Å². The molecule has 1 aliphatic rings. The predicted molar refractivity (Wildman–Crippen MR) is 41.1 cm³/mol. The van der Waals surface area contributed by atoms with Gasteiger partial charge in [-0.05, 0) is 5.92 Å². The zero-order valence-electron chi connectivity index (χ0n) is 4.41. The van der Waals surface area contributed by atoms with Crippen LogP contribution in [0, 0.1) is 5.92 Å². The maximum Gasteiger partial charge on any atom is -0.0443 e. The van der Waals surface area contributed by atoms with Gasteiger partial charge in [0.05, 0.1) is 0 Å². The van der Waals surface area contributed by atoms with E-state index in [0.29, 0.717) is 0 Å². The Bertz CT molecular complexity index is 33.3. The van der Waals surface area contributed by atoms with Crippen molar-refractivity contribution < 1.29 is 0 Å². The summed E-state index contributed by atoms with van der Waals surface area (Å²) in [5.41, 5.74) is 0. The van der Waals surface area contributed by atoms with Gasteiger partial charge in [-0.15, -0.1) is 0 Å². The van der Waals surface area contributed by atoms with Crippen molar-refractivity contribution in [3.8, 4) is 0 Å². The molecule has 0 unspecified atom stereocenters. The van der Waals surface area contributed by atoms with Crippen LogP contribution >= 0.6 is 0 Å². The summed E-state index contributed by atoms with van der Waals surface area (Å²) >= 11 is 0. The summed E-state index contributed by atoms with van der Waals surface area (Å²) in [6, 6.07) is 0. The molecule has 0 bridgehead atoms. The van der Waals surface area contributed by atoms with Crippen LogP contribution in [0.15, 0.2) is 0 Å². The molecule has 0 radical (unpaired) electrons. The monoisotopic (exact) mass is 116 g/mol. The van der Waals surface area contributed by atoms with Gasteiger partial charge in [-0.3, -0.25) is 0 Å². The Morgan fingerprint density at radius 3 is 1.50 bits per heavy atom. The maximum atomic E-state index is 2.34. The minimum absolute atomic E-state index is 0. The predicted octanol–water partition coefficient (Wildman–Crippen LogP) is 3.47. The molecular weight excluding hydrogens is 96.1 g/mol. The molecule has 0 spiro atoms. The molecule has 0 aromatic heterocycles. The van der Waals surface area contributed by atoms with Gasteiger partial charge in [0.25, 0.3) is 0 Å². The van der Waals surface area contributed by atoms with Crippen molar-refractivity contribution in [2.75, 3.05) is 0 Å². The van der Waals surface area contributed by atoms with E-state index in [1.807, 2.05) is 0 Å². The van der Waals surface area contributed by atoms with Crippen LogP contribution in [0.25, 0.3) is 0 Å². The van der Waals surface area contributed by atoms with Crippen LogP contribution in [0.3, 0.4) is 0 Å². The highest BCUT2D eigenvalue weighted by Gasteiger charge is 2.07. The maximum absolute atomic E-state index is 2.34. The molecule has 0 N–H and O–H groups in total.